The fraction of sp³-hybridized carbons (Fsp3) is 0.619. The first-order valence-corrected chi connectivity index (χ1v) is 10.1. The van der Waals surface area contributed by atoms with Gasteiger partial charge in [0.25, 0.3) is 5.91 Å². The van der Waals surface area contributed by atoms with E-state index >= 15 is 0 Å². The Morgan fingerprint density at radius 3 is 3.00 bits per heavy atom. The maximum atomic E-state index is 12.7. The van der Waals surface area contributed by atoms with Gasteiger partial charge in [0.05, 0.1) is 18.5 Å². The van der Waals surface area contributed by atoms with Crippen LogP contribution in [0.2, 0.25) is 0 Å². The van der Waals surface area contributed by atoms with E-state index in [0.29, 0.717) is 30.6 Å². The Morgan fingerprint density at radius 2 is 2.30 bits per heavy atom. The van der Waals surface area contributed by atoms with Crippen LogP contribution in [0.15, 0.2) is 28.9 Å². The zero-order valence-electron chi connectivity index (χ0n) is 16.8. The third-order valence-electron chi connectivity index (χ3n) is 5.09. The molecule has 1 N–H and O–H groups in total. The first-order chi connectivity index (χ1) is 13.0. The molecule has 1 saturated heterocycles. The van der Waals surface area contributed by atoms with Gasteiger partial charge < -0.3 is 9.73 Å². The number of carbonyl (C=O) groups is 1. The van der Waals surface area contributed by atoms with Crippen LogP contribution in [0.5, 0.6) is 0 Å². The average Bonchev–Trinajstić information content (AvgIpc) is 3.29. The van der Waals surface area contributed by atoms with Gasteiger partial charge in [-0.05, 0) is 62.8 Å². The van der Waals surface area contributed by atoms with Gasteiger partial charge in [0.1, 0.15) is 11.5 Å². The van der Waals surface area contributed by atoms with Crippen LogP contribution in [0, 0.1) is 11.8 Å². The summed E-state index contributed by atoms with van der Waals surface area (Å²) in [7, 11) is 0. The van der Waals surface area contributed by atoms with Crippen molar-refractivity contribution in [3.8, 4) is 0 Å². The van der Waals surface area contributed by atoms with Gasteiger partial charge in [-0.3, -0.25) is 14.4 Å². The van der Waals surface area contributed by atoms with Crippen molar-refractivity contribution in [3.63, 3.8) is 0 Å². The summed E-state index contributed by atoms with van der Waals surface area (Å²) >= 11 is 0. The molecule has 0 spiro atoms. The average molecular weight is 373 g/mol. The summed E-state index contributed by atoms with van der Waals surface area (Å²) in [6.07, 6.45) is 4.94. The summed E-state index contributed by atoms with van der Waals surface area (Å²) in [5, 5.41) is 7.72. The molecule has 1 fully saturated rings. The van der Waals surface area contributed by atoms with E-state index in [9.17, 15) is 4.79 Å². The smallest absolute Gasteiger partial charge is 0.269 e. The maximum Gasteiger partial charge on any atom is 0.269 e. The first kappa shape index (κ1) is 19.7. The van der Waals surface area contributed by atoms with Crippen LogP contribution >= 0.6 is 0 Å². The SMILES string of the molecule is CCn1nc(CC(C)C)cc1C(=O)NCC1CCCN(Cc2ccco2)C1. The largest absolute Gasteiger partial charge is 0.468 e. The molecule has 1 aliphatic rings. The highest BCUT2D eigenvalue weighted by molar-refractivity contribution is 5.92. The lowest BCUT2D eigenvalue weighted by Crippen LogP contribution is -2.40. The molecule has 6 heteroatoms. The van der Waals surface area contributed by atoms with Gasteiger partial charge >= 0.3 is 0 Å². The number of carbonyl (C=O) groups excluding carboxylic acids is 1. The number of hydrogen-bond donors (Lipinski definition) is 1. The fourth-order valence-corrected chi connectivity index (χ4v) is 3.82. The van der Waals surface area contributed by atoms with Crippen molar-refractivity contribution >= 4 is 5.91 Å². The Balaban J connectivity index is 1.53. The summed E-state index contributed by atoms with van der Waals surface area (Å²) in [6, 6.07) is 5.90. The second-order valence-corrected chi connectivity index (χ2v) is 7.97. The molecule has 0 radical (unpaired) electrons. The molecule has 2 aromatic rings. The van der Waals surface area contributed by atoms with E-state index in [4.69, 9.17) is 4.42 Å². The van der Waals surface area contributed by atoms with E-state index in [1.807, 2.05) is 29.8 Å². The number of aromatic nitrogens is 2. The molecular formula is C21H32N4O2. The number of aryl methyl sites for hydroxylation is 1. The van der Waals surface area contributed by atoms with Crippen LogP contribution in [0.4, 0.5) is 0 Å². The monoisotopic (exact) mass is 372 g/mol. The minimum Gasteiger partial charge on any atom is -0.468 e. The Hall–Kier alpha value is -2.08. The highest BCUT2D eigenvalue weighted by Gasteiger charge is 2.22. The van der Waals surface area contributed by atoms with Gasteiger partial charge in [-0.2, -0.15) is 5.10 Å². The van der Waals surface area contributed by atoms with Gasteiger partial charge in [0, 0.05) is 19.6 Å². The van der Waals surface area contributed by atoms with Crippen molar-refractivity contribution < 1.29 is 9.21 Å². The number of hydrogen-bond acceptors (Lipinski definition) is 4. The molecule has 6 nitrogen and oxygen atoms in total. The Kier molecular flexibility index (Phi) is 6.72. The summed E-state index contributed by atoms with van der Waals surface area (Å²) in [5.74, 6) is 2.00. The van der Waals surface area contributed by atoms with Crippen molar-refractivity contribution in [1.82, 2.24) is 20.0 Å². The van der Waals surface area contributed by atoms with E-state index in [2.05, 4.69) is 29.2 Å². The Morgan fingerprint density at radius 1 is 1.44 bits per heavy atom. The van der Waals surface area contributed by atoms with E-state index in [-0.39, 0.29) is 5.91 Å². The van der Waals surface area contributed by atoms with Crippen LogP contribution in [0.1, 0.15) is 55.6 Å². The highest BCUT2D eigenvalue weighted by Crippen LogP contribution is 2.18. The van der Waals surface area contributed by atoms with Gasteiger partial charge in [0.2, 0.25) is 0 Å². The van der Waals surface area contributed by atoms with Crippen LogP contribution in [0.25, 0.3) is 0 Å². The zero-order valence-corrected chi connectivity index (χ0v) is 16.8. The second kappa shape index (κ2) is 9.22. The number of likely N-dealkylation sites (tertiary alicyclic amines) is 1. The topological polar surface area (TPSA) is 63.3 Å². The lowest BCUT2D eigenvalue weighted by Gasteiger charge is -2.32. The quantitative estimate of drug-likeness (QED) is 0.772. The molecule has 1 amide bonds. The molecule has 148 valence electrons. The molecule has 27 heavy (non-hydrogen) atoms. The molecule has 1 aliphatic heterocycles. The molecule has 0 saturated carbocycles. The molecular weight excluding hydrogens is 340 g/mol. The molecule has 3 heterocycles. The summed E-state index contributed by atoms with van der Waals surface area (Å²) in [5.41, 5.74) is 1.68. The number of nitrogens with zero attached hydrogens (tertiary/aromatic N) is 3. The predicted molar refractivity (Wildman–Crippen MR) is 105 cm³/mol. The van der Waals surface area contributed by atoms with E-state index in [0.717, 1.165) is 50.4 Å². The summed E-state index contributed by atoms with van der Waals surface area (Å²) < 4.78 is 7.28. The third kappa shape index (κ3) is 5.45. The summed E-state index contributed by atoms with van der Waals surface area (Å²) in [6.45, 7) is 10.7. The first-order valence-electron chi connectivity index (χ1n) is 10.1. The number of furan rings is 1. The molecule has 1 atom stereocenters. The second-order valence-electron chi connectivity index (χ2n) is 7.97. The lowest BCUT2D eigenvalue weighted by molar-refractivity contribution is 0.0917. The Labute approximate surface area is 161 Å². The normalized spacial score (nSPS) is 18.1. The van der Waals surface area contributed by atoms with Gasteiger partial charge in [-0.15, -0.1) is 0 Å². The number of nitrogens with one attached hydrogen (secondary N) is 1. The Bertz CT molecular complexity index is 721. The van der Waals surface area contributed by atoms with Gasteiger partial charge in [-0.25, -0.2) is 0 Å². The molecule has 0 aromatic carbocycles. The molecule has 0 bridgehead atoms. The summed E-state index contributed by atoms with van der Waals surface area (Å²) in [4.78, 5) is 15.1. The minimum atomic E-state index is -0.0116. The van der Waals surface area contributed by atoms with Crippen molar-refractivity contribution in [2.24, 2.45) is 11.8 Å². The standard InChI is InChI=1S/C21H32N4O2/c1-4-25-20(12-18(23-25)11-16(2)3)21(26)22-13-17-7-5-9-24(14-17)15-19-8-6-10-27-19/h6,8,10,12,16-17H,4-5,7,9,11,13-15H2,1-3H3,(H,22,26). The fourth-order valence-electron chi connectivity index (χ4n) is 3.82. The van der Waals surface area contributed by atoms with E-state index < -0.39 is 0 Å². The van der Waals surface area contributed by atoms with E-state index in [1.165, 1.54) is 0 Å². The molecule has 3 rings (SSSR count). The van der Waals surface area contributed by atoms with Gasteiger partial charge in [0.15, 0.2) is 0 Å². The lowest BCUT2D eigenvalue weighted by atomic mass is 9.98. The van der Waals surface area contributed by atoms with E-state index in [1.54, 1.807) is 6.26 Å². The maximum absolute atomic E-state index is 12.7. The van der Waals surface area contributed by atoms with Crippen LogP contribution < -0.4 is 5.32 Å². The van der Waals surface area contributed by atoms with Crippen LogP contribution in [-0.2, 0) is 19.5 Å². The highest BCUT2D eigenvalue weighted by atomic mass is 16.3. The van der Waals surface area contributed by atoms with Crippen LogP contribution in [0.3, 0.4) is 0 Å². The van der Waals surface area contributed by atoms with Crippen molar-refractivity contribution in [2.75, 3.05) is 19.6 Å². The number of rotatable bonds is 8. The van der Waals surface area contributed by atoms with Crippen molar-refractivity contribution in [1.29, 1.82) is 0 Å². The minimum absolute atomic E-state index is 0.0116. The van der Waals surface area contributed by atoms with Gasteiger partial charge in [-0.1, -0.05) is 13.8 Å². The molecule has 1 unspecified atom stereocenters. The van der Waals surface area contributed by atoms with Crippen molar-refractivity contribution in [3.05, 3.63) is 41.6 Å². The van der Waals surface area contributed by atoms with Crippen molar-refractivity contribution in [2.45, 2.75) is 53.1 Å². The predicted octanol–water partition coefficient (Wildman–Crippen LogP) is 3.34. The van der Waals surface area contributed by atoms with Crippen LogP contribution in [-0.4, -0.2) is 40.2 Å². The molecule has 2 aromatic heterocycles. The number of amides is 1. The number of piperidine rings is 1. The third-order valence-corrected chi connectivity index (χ3v) is 5.09. The zero-order chi connectivity index (χ0) is 19.2. The molecule has 0 aliphatic carbocycles.